The lowest BCUT2D eigenvalue weighted by Gasteiger charge is -2.13. The summed E-state index contributed by atoms with van der Waals surface area (Å²) < 4.78 is 15.9. The number of hydrogen-bond acceptors (Lipinski definition) is 6. The third-order valence-electron chi connectivity index (χ3n) is 3.42. The van der Waals surface area contributed by atoms with E-state index in [2.05, 4.69) is 9.73 Å². The summed E-state index contributed by atoms with van der Waals surface area (Å²) >= 11 is 1.46. The van der Waals surface area contributed by atoms with Crippen LogP contribution in [0.25, 0.3) is 0 Å². The van der Waals surface area contributed by atoms with Crippen LogP contribution in [-0.2, 0) is 16.1 Å². The Bertz CT molecular complexity index is 731. The summed E-state index contributed by atoms with van der Waals surface area (Å²) in [4.78, 5) is 15.6. The van der Waals surface area contributed by atoms with Crippen molar-refractivity contribution in [1.29, 1.82) is 0 Å². The zero-order valence-electron chi connectivity index (χ0n) is 14.5. The summed E-state index contributed by atoms with van der Waals surface area (Å²) in [6.45, 7) is 0.424. The normalized spacial score (nSPS) is 11.1. The van der Waals surface area contributed by atoms with Gasteiger partial charge in [-0.15, -0.1) is 11.8 Å². The summed E-state index contributed by atoms with van der Waals surface area (Å²) in [6, 6.07) is 15.5. The van der Waals surface area contributed by atoms with Crippen molar-refractivity contribution in [3.63, 3.8) is 0 Å². The van der Waals surface area contributed by atoms with Crippen molar-refractivity contribution in [3.05, 3.63) is 59.7 Å². The van der Waals surface area contributed by atoms with Gasteiger partial charge in [-0.05, 0) is 30.0 Å². The van der Waals surface area contributed by atoms with Crippen LogP contribution in [0.2, 0.25) is 0 Å². The largest absolute Gasteiger partial charge is 0.493 e. The number of methoxy groups -OCH3 is 2. The molecule has 0 aliphatic rings. The average molecular weight is 359 g/mol. The molecule has 2 rings (SSSR count). The van der Waals surface area contributed by atoms with Crippen LogP contribution < -0.4 is 9.47 Å². The van der Waals surface area contributed by atoms with E-state index in [1.807, 2.05) is 54.8 Å². The van der Waals surface area contributed by atoms with Gasteiger partial charge in [0.2, 0.25) is 0 Å². The molecule has 6 heteroatoms. The number of nitrogens with zero attached hydrogens (tertiary/aromatic N) is 1. The topological polar surface area (TPSA) is 57.1 Å². The molecule has 132 valence electrons. The minimum Gasteiger partial charge on any atom is -0.493 e. The Labute approximate surface area is 152 Å². The van der Waals surface area contributed by atoms with Crippen LogP contribution in [0, 0.1) is 0 Å². The first kappa shape index (κ1) is 18.9. The monoisotopic (exact) mass is 359 g/mol. The summed E-state index contributed by atoms with van der Waals surface area (Å²) in [5.74, 6) is 0.900. The Hall–Kier alpha value is -2.47. The Morgan fingerprint density at radius 3 is 2.48 bits per heavy atom. The highest BCUT2D eigenvalue weighted by molar-refractivity contribution is 8.13. The number of ether oxygens (including phenoxy) is 3. The van der Waals surface area contributed by atoms with Crippen molar-refractivity contribution >= 4 is 22.8 Å². The van der Waals surface area contributed by atoms with Crippen molar-refractivity contribution < 1.29 is 19.0 Å². The van der Waals surface area contributed by atoms with Gasteiger partial charge >= 0.3 is 5.97 Å². The summed E-state index contributed by atoms with van der Waals surface area (Å²) in [7, 11) is 2.95. The van der Waals surface area contributed by atoms with E-state index in [0.29, 0.717) is 18.1 Å². The summed E-state index contributed by atoms with van der Waals surface area (Å²) in [6.07, 6.45) is 1.91. The van der Waals surface area contributed by atoms with Gasteiger partial charge in [-0.3, -0.25) is 9.79 Å². The van der Waals surface area contributed by atoms with Crippen molar-refractivity contribution in [2.24, 2.45) is 4.99 Å². The van der Waals surface area contributed by atoms with Crippen molar-refractivity contribution in [2.75, 3.05) is 27.0 Å². The molecule has 0 fully saturated rings. The molecule has 0 unspecified atom stereocenters. The second-order valence-corrected chi connectivity index (χ2v) is 5.84. The molecule has 0 aromatic heterocycles. The van der Waals surface area contributed by atoms with Gasteiger partial charge in [-0.1, -0.05) is 30.3 Å². The minimum atomic E-state index is -0.374. The van der Waals surface area contributed by atoms with Crippen molar-refractivity contribution in [1.82, 2.24) is 0 Å². The van der Waals surface area contributed by atoms with Crippen LogP contribution in [0.4, 0.5) is 0 Å². The molecule has 2 aromatic carbocycles. The molecular weight excluding hydrogens is 338 g/mol. The van der Waals surface area contributed by atoms with E-state index in [9.17, 15) is 4.79 Å². The van der Waals surface area contributed by atoms with Gasteiger partial charge in [-0.25, -0.2) is 0 Å². The number of carbonyl (C=O) groups excluding carboxylic acids is 1. The zero-order chi connectivity index (χ0) is 18.1. The lowest BCUT2D eigenvalue weighted by atomic mass is 10.2. The number of esters is 1. The van der Waals surface area contributed by atoms with E-state index in [1.54, 1.807) is 7.11 Å². The maximum absolute atomic E-state index is 11.3. The number of aliphatic imine (C=N–C) groups is 1. The van der Waals surface area contributed by atoms with E-state index in [1.165, 1.54) is 18.9 Å². The Morgan fingerprint density at radius 2 is 1.84 bits per heavy atom. The standard InChI is InChI=1S/C19H21NO4S/c1-22-16-10-9-15(19(25-3)20-12-18(21)23-2)11-17(16)24-13-14-7-5-4-6-8-14/h4-11H,12-13H2,1-3H3. The van der Waals surface area contributed by atoms with Gasteiger partial charge < -0.3 is 14.2 Å². The Balaban J connectivity index is 2.21. The summed E-state index contributed by atoms with van der Waals surface area (Å²) in [5, 5.41) is 0.734. The predicted octanol–water partition coefficient (Wildman–Crippen LogP) is 3.56. The molecule has 0 amide bonds. The maximum Gasteiger partial charge on any atom is 0.327 e. The van der Waals surface area contributed by atoms with Crippen LogP contribution in [0.15, 0.2) is 53.5 Å². The second kappa shape index (κ2) is 9.74. The lowest BCUT2D eigenvalue weighted by Crippen LogP contribution is -2.07. The molecule has 0 saturated heterocycles. The lowest BCUT2D eigenvalue weighted by molar-refractivity contribution is -0.138. The molecule has 0 aliphatic heterocycles. The van der Waals surface area contributed by atoms with Crippen molar-refractivity contribution in [3.8, 4) is 11.5 Å². The Kier molecular flexibility index (Phi) is 7.35. The quantitative estimate of drug-likeness (QED) is 0.430. The molecule has 0 saturated carbocycles. The minimum absolute atomic E-state index is 0.0150. The molecule has 2 aromatic rings. The SMILES string of the molecule is COC(=O)CN=C(SC)c1ccc(OC)c(OCc2ccccc2)c1. The number of hydrogen-bond donors (Lipinski definition) is 0. The highest BCUT2D eigenvalue weighted by Gasteiger charge is 2.11. The summed E-state index contributed by atoms with van der Waals surface area (Å²) in [5.41, 5.74) is 1.93. The van der Waals surface area contributed by atoms with Gasteiger partial charge in [-0.2, -0.15) is 0 Å². The molecule has 0 spiro atoms. The van der Waals surface area contributed by atoms with Gasteiger partial charge in [0.05, 0.1) is 19.3 Å². The van der Waals surface area contributed by atoms with E-state index < -0.39 is 0 Å². The van der Waals surface area contributed by atoms with Crippen LogP contribution >= 0.6 is 11.8 Å². The average Bonchev–Trinajstić information content (AvgIpc) is 2.67. The molecular formula is C19H21NO4S. The number of thioether (sulfide) groups is 1. The first-order valence-corrected chi connectivity index (χ1v) is 8.90. The molecule has 5 nitrogen and oxygen atoms in total. The Morgan fingerprint density at radius 1 is 1.08 bits per heavy atom. The molecule has 0 bridgehead atoms. The molecule has 0 atom stereocenters. The van der Waals surface area contributed by atoms with Gasteiger partial charge in [0.1, 0.15) is 13.2 Å². The van der Waals surface area contributed by atoms with E-state index in [-0.39, 0.29) is 12.5 Å². The highest BCUT2D eigenvalue weighted by Crippen LogP contribution is 2.30. The fourth-order valence-corrected chi connectivity index (χ4v) is 2.69. The first-order valence-electron chi connectivity index (χ1n) is 7.68. The molecule has 0 heterocycles. The molecule has 0 radical (unpaired) electrons. The number of carbonyl (C=O) groups is 1. The van der Waals surface area contributed by atoms with Crippen LogP contribution in [-0.4, -0.2) is 38.0 Å². The zero-order valence-corrected chi connectivity index (χ0v) is 15.3. The second-order valence-electron chi connectivity index (χ2n) is 5.04. The van der Waals surface area contributed by atoms with Crippen molar-refractivity contribution in [2.45, 2.75) is 6.61 Å². The molecule has 0 aliphatic carbocycles. The fourth-order valence-electron chi connectivity index (χ4n) is 2.13. The van der Waals surface area contributed by atoms with E-state index in [0.717, 1.165) is 16.2 Å². The molecule has 0 N–H and O–H groups in total. The third-order valence-corrected chi connectivity index (χ3v) is 4.17. The predicted molar refractivity (Wildman–Crippen MR) is 101 cm³/mol. The fraction of sp³-hybridized carbons (Fsp3) is 0.263. The van der Waals surface area contributed by atoms with Crippen LogP contribution in [0.3, 0.4) is 0 Å². The van der Waals surface area contributed by atoms with Crippen LogP contribution in [0.1, 0.15) is 11.1 Å². The highest BCUT2D eigenvalue weighted by atomic mass is 32.2. The maximum atomic E-state index is 11.3. The van der Waals surface area contributed by atoms with E-state index >= 15 is 0 Å². The van der Waals surface area contributed by atoms with Gasteiger partial charge in [0, 0.05) is 5.56 Å². The van der Waals surface area contributed by atoms with Gasteiger partial charge in [0.15, 0.2) is 11.5 Å². The number of benzene rings is 2. The smallest absolute Gasteiger partial charge is 0.327 e. The molecule has 25 heavy (non-hydrogen) atoms. The van der Waals surface area contributed by atoms with Gasteiger partial charge in [0.25, 0.3) is 0 Å². The first-order chi connectivity index (χ1) is 12.2. The number of rotatable bonds is 7. The van der Waals surface area contributed by atoms with Crippen LogP contribution in [0.5, 0.6) is 11.5 Å². The van der Waals surface area contributed by atoms with E-state index in [4.69, 9.17) is 9.47 Å². The third kappa shape index (κ3) is 5.53.